The molecule has 0 heterocycles. The summed E-state index contributed by atoms with van der Waals surface area (Å²) < 4.78 is 0. The number of aliphatic hydroxyl groups is 1. The lowest BCUT2D eigenvalue weighted by Gasteiger charge is -2.36. The van der Waals surface area contributed by atoms with Crippen LogP contribution in [0.3, 0.4) is 0 Å². The van der Waals surface area contributed by atoms with Crippen molar-refractivity contribution in [2.24, 2.45) is 17.1 Å². The van der Waals surface area contributed by atoms with Gasteiger partial charge in [-0.15, -0.1) is 0 Å². The van der Waals surface area contributed by atoms with E-state index in [1.54, 1.807) is 6.92 Å². The van der Waals surface area contributed by atoms with Crippen molar-refractivity contribution in [2.75, 3.05) is 13.1 Å². The zero-order valence-electron chi connectivity index (χ0n) is 12.7. The van der Waals surface area contributed by atoms with E-state index in [4.69, 9.17) is 5.73 Å². The van der Waals surface area contributed by atoms with Crippen molar-refractivity contribution in [1.82, 2.24) is 5.32 Å². The summed E-state index contributed by atoms with van der Waals surface area (Å²) in [6, 6.07) is 0. The Labute approximate surface area is 117 Å². The second-order valence-corrected chi connectivity index (χ2v) is 6.82. The van der Waals surface area contributed by atoms with E-state index in [1.807, 2.05) is 0 Å². The highest BCUT2D eigenvalue weighted by molar-refractivity contribution is 5.83. The Morgan fingerprint density at radius 1 is 1.37 bits per heavy atom. The lowest BCUT2D eigenvalue weighted by molar-refractivity contribution is -0.133. The first kappa shape index (κ1) is 16.4. The van der Waals surface area contributed by atoms with E-state index >= 15 is 0 Å². The van der Waals surface area contributed by atoms with Crippen LogP contribution >= 0.6 is 0 Å². The minimum Gasteiger partial charge on any atom is -0.388 e. The van der Waals surface area contributed by atoms with Crippen LogP contribution in [0.5, 0.6) is 0 Å². The molecule has 0 aliphatic heterocycles. The van der Waals surface area contributed by atoms with Gasteiger partial charge in [0.25, 0.3) is 0 Å². The van der Waals surface area contributed by atoms with Gasteiger partial charge < -0.3 is 16.2 Å². The van der Waals surface area contributed by atoms with E-state index < -0.39 is 11.0 Å². The molecule has 19 heavy (non-hydrogen) atoms. The number of hydrogen-bond acceptors (Lipinski definition) is 3. The third-order valence-corrected chi connectivity index (χ3v) is 4.16. The SMILES string of the molecule is CC(C)CC(C)(O)CNC(=O)C1(CN)CCCCC1. The molecule has 1 aliphatic rings. The van der Waals surface area contributed by atoms with Crippen LogP contribution in [0.1, 0.15) is 59.3 Å². The Morgan fingerprint density at radius 3 is 2.42 bits per heavy atom. The fourth-order valence-electron chi connectivity index (χ4n) is 3.16. The molecule has 0 bridgehead atoms. The third-order valence-electron chi connectivity index (χ3n) is 4.16. The molecular weight excluding hydrogens is 240 g/mol. The van der Waals surface area contributed by atoms with Gasteiger partial charge >= 0.3 is 0 Å². The Balaban J connectivity index is 2.53. The van der Waals surface area contributed by atoms with Crippen molar-refractivity contribution in [3.63, 3.8) is 0 Å². The molecule has 0 spiro atoms. The fourth-order valence-corrected chi connectivity index (χ4v) is 3.16. The molecule has 112 valence electrons. The first-order valence-electron chi connectivity index (χ1n) is 7.52. The predicted octanol–water partition coefficient (Wildman–Crippen LogP) is 1.81. The van der Waals surface area contributed by atoms with Gasteiger partial charge in [-0.2, -0.15) is 0 Å². The maximum absolute atomic E-state index is 12.4. The van der Waals surface area contributed by atoms with E-state index in [0.29, 0.717) is 25.4 Å². The van der Waals surface area contributed by atoms with Gasteiger partial charge in [-0.25, -0.2) is 0 Å². The highest BCUT2D eigenvalue weighted by Crippen LogP contribution is 2.35. The Kier molecular flexibility index (Phi) is 5.81. The van der Waals surface area contributed by atoms with Crippen LogP contribution < -0.4 is 11.1 Å². The van der Waals surface area contributed by atoms with Crippen molar-refractivity contribution in [2.45, 2.75) is 64.9 Å². The fraction of sp³-hybridized carbons (Fsp3) is 0.933. The number of hydrogen-bond donors (Lipinski definition) is 3. The van der Waals surface area contributed by atoms with Gasteiger partial charge in [0.05, 0.1) is 11.0 Å². The molecule has 1 unspecified atom stereocenters. The lowest BCUT2D eigenvalue weighted by atomic mass is 9.73. The number of nitrogens with one attached hydrogen (secondary N) is 1. The van der Waals surface area contributed by atoms with Crippen molar-refractivity contribution in [1.29, 1.82) is 0 Å². The monoisotopic (exact) mass is 270 g/mol. The Morgan fingerprint density at radius 2 is 1.95 bits per heavy atom. The number of nitrogens with two attached hydrogens (primary N) is 1. The van der Waals surface area contributed by atoms with Crippen molar-refractivity contribution < 1.29 is 9.90 Å². The van der Waals surface area contributed by atoms with Crippen LogP contribution in [-0.4, -0.2) is 29.7 Å². The zero-order chi connectivity index (χ0) is 14.5. The molecular formula is C15H30N2O2. The molecule has 1 rings (SSSR count). The number of carbonyl (C=O) groups is 1. The smallest absolute Gasteiger partial charge is 0.227 e. The lowest BCUT2D eigenvalue weighted by Crippen LogP contribution is -2.51. The van der Waals surface area contributed by atoms with Gasteiger partial charge in [0.2, 0.25) is 5.91 Å². The number of amides is 1. The average Bonchev–Trinajstić information content (AvgIpc) is 2.35. The highest BCUT2D eigenvalue weighted by atomic mass is 16.3. The minimum absolute atomic E-state index is 0.0266. The summed E-state index contributed by atoms with van der Waals surface area (Å²) in [5, 5.41) is 13.2. The summed E-state index contributed by atoms with van der Waals surface area (Å²) >= 11 is 0. The summed E-state index contributed by atoms with van der Waals surface area (Å²) in [4.78, 5) is 12.4. The van der Waals surface area contributed by atoms with Crippen molar-refractivity contribution in [3.8, 4) is 0 Å². The maximum atomic E-state index is 12.4. The van der Waals surface area contributed by atoms with E-state index in [2.05, 4.69) is 19.2 Å². The second-order valence-electron chi connectivity index (χ2n) is 6.82. The van der Waals surface area contributed by atoms with Crippen LogP contribution in [0.15, 0.2) is 0 Å². The van der Waals surface area contributed by atoms with Gasteiger partial charge in [0.1, 0.15) is 0 Å². The molecule has 4 heteroatoms. The van der Waals surface area contributed by atoms with Gasteiger partial charge in [-0.1, -0.05) is 33.1 Å². The third kappa shape index (κ3) is 4.77. The minimum atomic E-state index is -0.839. The van der Waals surface area contributed by atoms with E-state index in [9.17, 15) is 9.90 Å². The van der Waals surface area contributed by atoms with E-state index in [0.717, 1.165) is 25.7 Å². The zero-order valence-corrected chi connectivity index (χ0v) is 12.7. The molecule has 4 N–H and O–H groups in total. The van der Waals surface area contributed by atoms with E-state index in [-0.39, 0.29) is 5.91 Å². The van der Waals surface area contributed by atoms with Crippen LogP contribution in [0, 0.1) is 11.3 Å². The molecule has 0 saturated heterocycles. The second kappa shape index (κ2) is 6.71. The summed E-state index contributed by atoms with van der Waals surface area (Å²) in [6.45, 7) is 6.64. The van der Waals surface area contributed by atoms with E-state index in [1.165, 1.54) is 6.42 Å². The Hall–Kier alpha value is -0.610. The van der Waals surface area contributed by atoms with Crippen LogP contribution in [0.25, 0.3) is 0 Å². The molecule has 1 aliphatic carbocycles. The molecule has 4 nitrogen and oxygen atoms in total. The molecule has 0 aromatic heterocycles. The number of carbonyl (C=O) groups excluding carboxylic acids is 1. The molecule has 1 fully saturated rings. The first-order chi connectivity index (χ1) is 8.81. The first-order valence-corrected chi connectivity index (χ1v) is 7.52. The number of rotatable bonds is 6. The Bertz CT molecular complexity index is 295. The highest BCUT2D eigenvalue weighted by Gasteiger charge is 2.38. The average molecular weight is 270 g/mol. The van der Waals surface area contributed by atoms with Gasteiger partial charge in [0, 0.05) is 13.1 Å². The quantitative estimate of drug-likeness (QED) is 0.689. The summed E-state index contributed by atoms with van der Waals surface area (Å²) in [5.41, 5.74) is 4.60. The molecule has 0 aromatic carbocycles. The van der Waals surface area contributed by atoms with Crippen molar-refractivity contribution in [3.05, 3.63) is 0 Å². The summed E-state index contributed by atoms with van der Waals surface area (Å²) in [5.74, 6) is 0.434. The summed E-state index contributed by atoms with van der Waals surface area (Å²) in [7, 11) is 0. The molecule has 0 radical (unpaired) electrons. The molecule has 1 amide bonds. The predicted molar refractivity (Wildman–Crippen MR) is 77.7 cm³/mol. The topological polar surface area (TPSA) is 75.3 Å². The summed E-state index contributed by atoms with van der Waals surface area (Å²) in [6.07, 6.45) is 5.78. The molecule has 1 atom stereocenters. The molecule has 0 aromatic rings. The van der Waals surface area contributed by atoms with Crippen LogP contribution in [0.2, 0.25) is 0 Å². The van der Waals surface area contributed by atoms with Gasteiger partial charge in [-0.3, -0.25) is 4.79 Å². The van der Waals surface area contributed by atoms with Crippen LogP contribution in [-0.2, 0) is 4.79 Å². The van der Waals surface area contributed by atoms with Gasteiger partial charge in [0.15, 0.2) is 0 Å². The van der Waals surface area contributed by atoms with Crippen LogP contribution in [0.4, 0.5) is 0 Å². The van der Waals surface area contributed by atoms with Gasteiger partial charge in [-0.05, 0) is 32.1 Å². The van der Waals surface area contributed by atoms with Crippen molar-refractivity contribution >= 4 is 5.91 Å². The standard InChI is InChI=1S/C15H30N2O2/c1-12(2)9-14(3,19)11-17-13(18)15(10-16)7-5-4-6-8-15/h12,19H,4-11,16H2,1-3H3,(H,17,18). The molecule has 1 saturated carbocycles. The largest absolute Gasteiger partial charge is 0.388 e. The maximum Gasteiger partial charge on any atom is 0.227 e. The normalized spacial score (nSPS) is 22.0.